The standard InChI is InChI=1S/C6H5OS.CH3.CH2.Sb/c1-5(7)6-3-2-4-8-6;;;/h2-3H,1H3;1H3;1H2;. The molecule has 3 heteroatoms. The van der Waals surface area contributed by atoms with Crippen molar-refractivity contribution in [3.05, 3.63) is 17.0 Å². The van der Waals surface area contributed by atoms with Crippen LogP contribution in [0.2, 0.25) is 4.87 Å². The molecule has 1 rings (SSSR count). The van der Waals surface area contributed by atoms with Gasteiger partial charge in [-0.05, 0) is 0 Å². The summed E-state index contributed by atoms with van der Waals surface area (Å²) >= 11 is 0.296. The molecule has 0 aliphatic carbocycles. The zero-order chi connectivity index (χ0) is 8.43. The first-order valence-corrected chi connectivity index (χ1v) is 9.71. The van der Waals surface area contributed by atoms with E-state index in [1.807, 2.05) is 6.07 Å². The van der Waals surface area contributed by atoms with Gasteiger partial charge in [-0.2, -0.15) is 0 Å². The maximum absolute atomic E-state index is 10.9. The van der Waals surface area contributed by atoms with Crippen molar-refractivity contribution in [1.82, 2.24) is 0 Å². The van der Waals surface area contributed by atoms with Crippen molar-refractivity contribution in [2.75, 3.05) is 0 Å². The van der Waals surface area contributed by atoms with Gasteiger partial charge in [0.05, 0.1) is 0 Å². The van der Waals surface area contributed by atoms with Crippen molar-refractivity contribution >= 4 is 44.1 Å². The number of carbonyl (C=O) groups excluding carboxylic acids is 1. The van der Waals surface area contributed by atoms with E-state index >= 15 is 0 Å². The van der Waals surface area contributed by atoms with E-state index in [1.54, 1.807) is 18.3 Å². The van der Waals surface area contributed by atoms with Crippen LogP contribution in [0.3, 0.4) is 0 Å². The van der Waals surface area contributed by atoms with Crippen LogP contribution in [-0.2, 0) is 0 Å². The maximum atomic E-state index is 10.9. The monoisotopic (exact) mass is 275 g/mol. The molecule has 59 valence electrons. The number of ketones is 1. The summed E-state index contributed by atoms with van der Waals surface area (Å²) in [7, 11) is 0. The predicted molar refractivity (Wildman–Crippen MR) is 52.7 cm³/mol. The molecule has 0 fully saturated rings. The average molecular weight is 276 g/mol. The summed E-state index contributed by atoms with van der Waals surface area (Å²) in [5, 5.41) is 0. The van der Waals surface area contributed by atoms with E-state index in [0.29, 0.717) is 0 Å². The van der Waals surface area contributed by atoms with Crippen molar-refractivity contribution in [2.24, 2.45) is 0 Å². The number of thiophene rings is 1. The molecule has 0 unspecified atom stereocenters. The molecule has 0 saturated heterocycles. The van der Waals surface area contributed by atoms with Crippen LogP contribution < -0.4 is 2.82 Å². The molecule has 11 heavy (non-hydrogen) atoms. The third-order valence-electron chi connectivity index (χ3n) is 1.32. The number of hydrogen-bond donors (Lipinski definition) is 0. The van der Waals surface area contributed by atoms with Gasteiger partial charge >= 0.3 is 77.7 Å². The molecule has 1 radical (unpaired) electrons. The van der Waals surface area contributed by atoms with E-state index < -0.39 is 19.7 Å². The molecule has 0 saturated carbocycles. The van der Waals surface area contributed by atoms with Gasteiger partial charge in [-0.25, -0.2) is 0 Å². The normalized spacial score (nSPS) is 9.64. The second-order valence-corrected chi connectivity index (χ2v) is 9.74. The molecule has 1 heterocycles. The zero-order valence-corrected chi connectivity index (χ0v) is 9.99. The molecule has 1 aromatic rings. The molecule has 0 amide bonds. The molecule has 0 spiro atoms. The molecular weight excluding hydrogens is 266 g/mol. The van der Waals surface area contributed by atoms with E-state index in [0.717, 1.165) is 4.88 Å². The fraction of sp³-hybridized carbons (Fsp3) is 0.250. The van der Waals surface area contributed by atoms with E-state index in [2.05, 4.69) is 15.4 Å². The summed E-state index contributed by atoms with van der Waals surface area (Å²) in [5.74, 6) is 0.170. The number of carbonyl (C=O) groups is 1. The first kappa shape index (κ1) is 9.15. The predicted octanol–water partition coefficient (Wildman–Crippen LogP) is 1.30. The van der Waals surface area contributed by atoms with E-state index in [1.165, 1.54) is 2.82 Å². The third-order valence-corrected chi connectivity index (χ3v) is 7.75. The van der Waals surface area contributed by atoms with Crippen LogP contribution in [0.5, 0.6) is 0 Å². The summed E-state index contributed by atoms with van der Waals surface area (Å²) in [6.07, 6.45) is 0. The Bertz CT molecular complexity index is 272. The van der Waals surface area contributed by atoms with Crippen molar-refractivity contribution in [1.29, 1.82) is 0 Å². The molecule has 0 bridgehead atoms. The Hall–Kier alpha value is 0.0582. The first-order valence-electron chi connectivity index (χ1n) is 3.26. The summed E-state index contributed by atoms with van der Waals surface area (Å²) in [4.78, 5) is 14.0. The molecular formula is C8H10OSSb. The zero-order valence-electron chi connectivity index (χ0n) is 6.63. The van der Waals surface area contributed by atoms with Crippen molar-refractivity contribution in [3.8, 4) is 0 Å². The van der Waals surface area contributed by atoms with Gasteiger partial charge < -0.3 is 0 Å². The second-order valence-electron chi connectivity index (χ2n) is 2.39. The molecule has 0 N–H and O–H groups in total. The molecule has 0 aliphatic heterocycles. The fourth-order valence-corrected chi connectivity index (χ4v) is 4.63. The summed E-state index contributed by atoms with van der Waals surface area (Å²) < 4.78 is 5.42. The van der Waals surface area contributed by atoms with Gasteiger partial charge in [0.15, 0.2) is 0 Å². The molecule has 1 aromatic heterocycles. The first-order chi connectivity index (χ1) is 5.11. The van der Waals surface area contributed by atoms with Crippen LogP contribution in [-0.4, -0.2) is 30.0 Å². The van der Waals surface area contributed by atoms with E-state index in [-0.39, 0.29) is 5.78 Å². The molecule has 0 atom stereocenters. The fourth-order valence-electron chi connectivity index (χ4n) is 0.722. The Labute approximate surface area is 77.5 Å². The van der Waals surface area contributed by atoms with Crippen molar-refractivity contribution in [2.45, 2.75) is 11.8 Å². The van der Waals surface area contributed by atoms with Gasteiger partial charge in [-0.1, -0.05) is 0 Å². The third kappa shape index (κ3) is 2.24. The number of rotatable bonds is 2. The van der Waals surface area contributed by atoms with Crippen LogP contribution in [0.4, 0.5) is 0 Å². The van der Waals surface area contributed by atoms with Gasteiger partial charge in [0.2, 0.25) is 0 Å². The van der Waals surface area contributed by atoms with Crippen LogP contribution >= 0.6 is 11.3 Å². The van der Waals surface area contributed by atoms with Crippen LogP contribution in [0, 0.1) is 0 Å². The van der Waals surface area contributed by atoms with Crippen LogP contribution in [0.15, 0.2) is 12.1 Å². The van der Waals surface area contributed by atoms with Crippen LogP contribution in [0.25, 0.3) is 0 Å². The quantitative estimate of drug-likeness (QED) is 0.587. The minimum atomic E-state index is -1.32. The minimum absolute atomic E-state index is 0.170. The average Bonchev–Trinajstić information content (AvgIpc) is 2.33. The van der Waals surface area contributed by atoms with Gasteiger partial charge in [-0.15, -0.1) is 0 Å². The van der Waals surface area contributed by atoms with E-state index in [4.69, 9.17) is 0 Å². The summed E-state index contributed by atoms with van der Waals surface area (Å²) in [6.45, 7) is 1.61. The van der Waals surface area contributed by atoms with Gasteiger partial charge in [-0.3, -0.25) is 0 Å². The Morgan fingerprint density at radius 2 is 2.27 bits per heavy atom. The Balaban J connectivity index is 2.99. The Morgan fingerprint density at radius 1 is 1.64 bits per heavy atom. The van der Waals surface area contributed by atoms with E-state index in [9.17, 15) is 4.79 Å². The number of Topliss-reactive ketones (excluding diaryl/α,β-unsaturated/α-hetero) is 1. The van der Waals surface area contributed by atoms with Gasteiger partial charge in [0, 0.05) is 0 Å². The summed E-state index contributed by atoms with van der Waals surface area (Å²) in [6, 6.07) is 3.96. The second kappa shape index (κ2) is 3.64. The Morgan fingerprint density at radius 3 is 2.55 bits per heavy atom. The van der Waals surface area contributed by atoms with Crippen molar-refractivity contribution < 1.29 is 4.79 Å². The number of hydrogen-bond acceptors (Lipinski definition) is 2. The molecule has 0 aromatic carbocycles. The van der Waals surface area contributed by atoms with Gasteiger partial charge in [0.25, 0.3) is 0 Å². The van der Waals surface area contributed by atoms with Crippen molar-refractivity contribution in [3.63, 3.8) is 0 Å². The SMILES string of the molecule is [CH2]=[Sb]([CH3])[c]1ccc(C(C)=O)s1. The summed E-state index contributed by atoms with van der Waals surface area (Å²) in [5.41, 5.74) is 0. The van der Waals surface area contributed by atoms with Gasteiger partial charge in [0.1, 0.15) is 0 Å². The van der Waals surface area contributed by atoms with Crippen LogP contribution in [0.1, 0.15) is 16.6 Å². The Kier molecular flexibility index (Phi) is 3.03. The topological polar surface area (TPSA) is 17.1 Å². The molecule has 0 aliphatic rings. The molecule has 1 nitrogen and oxygen atoms in total.